The molecule has 0 saturated carbocycles. The molecule has 5 nitrogen and oxygen atoms in total. The van der Waals surface area contributed by atoms with Gasteiger partial charge in [-0.3, -0.25) is 4.99 Å². The number of ether oxygens (including phenoxy) is 1. The predicted octanol–water partition coefficient (Wildman–Crippen LogP) is 3.62. The fourth-order valence-electron chi connectivity index (χ4n) is 2.82. The summed E-state index contributed by atoms with van der Waals surface area (Å²) in [7, 11) is 1.66. The average Bonchev–Trinajstić information content (AvgIpc) is 2.72. The molecule has 0 spiro atoms. The maximum Gasteiger partial charge on any atom is 0.191 e. The van der Waals surface area contributed by atoms with Gasteiger partial charge >= 0.3 is 0 Å². The molecule has 2 unspecified atom stereocenters. The Bertz CT molecular complexity index is 732. The van der Waals surface area contributed by atoms with Crippen molar-refractivity contribution in [3.05, 3.63) is 65.5 Å². The minimum atomic E-state index is -0.769. The first-order chi connectivity index (χ1) is 13.5. The first kappa shape index (κ1) is 21.7. The zero-order chi connectivity index (χ0) is 20.4. The van der Waals surface area contributed by atoms with Gasteiger partial charge in [-0.25, -0.2) is 4.39 Å². The fraction of sp³-hybridized carbons (Fsp3) is 0.409. The Morgan fingerprint density at radius 3 is 2.32 bits per heavy atom. The number of aliphatic imine (C=N–C) groups is 1. The minimum absolute atomic E-state index is 0.203. The van der Waals surface area contributed by atoms with Gasteiger partial charge < -0.3 is 20.5 Å². The van der Waals surface area contributed by atoms with E-state index in [1.54, 1.807) is 19.2 Å². The molecule has 0 saturated heterocycles. The molecule has 28 heavy (non-hydrogen) atoms. The number of benzene rings is 2. The number of nitrogens with zero attached hydrogens (tertiary/aromatic N) is 1. The first-order valence-corrected chi connectivity index (χ1v) is 9.63. The molecule has 3 N–H and O–H groups in total. The Kier molecular flexibility index (Phi) is 8.75. The van der Waals surface area contributed by atoms with Gasteiger partial charge in [0.2, 0.25) is 0 Å². The number of rotatable bonds is 9. The molecule has 0 aromatic heterocycles. The fourth-order valence-corrected chi connectivity index (χ4v) is 2.82. The van der Waals surface area contributed by atoms with Crippen molar-refractivity contribution >= 4 is 5.96 Å². The Hall–Kier alpha value is -2.60. The summed E-state index contributed by atoms with van der Waals surface area (Å²) in [4.78, 5) is 4.44. The van der Waals surface area contributed by atoms with Crippen LogP contribution in [0.1, 0.15) is 43.4 Å². The third-order valence-electron chi connectivity index (χ3n) is 4.58. The molecule has 0 aliphatic carbocycles. The highest BCUT2D eigenvalue weighted by Gasteiger charge is 2.09. The van der Waals surface area contributed by atoms with Crippen molar-refractivity contribution in [2.75, 3.05) is 26.7 Å². The second-order valence-corrected chi connectivity index (χ2v) is 6.68. The third kappa shape index (κ3) is 6.85. The van der Waals surface area contributed by atoms with E-state index in [0.29, 0.717) is 17.4 Å². The van der Waals surface area contributed by atoms with Crippen molar-refractivity contribution in [2.24, 2.45) is 4.99 Å². The number of aliphatic hydroxyl groups is 1. The lowest BCUT2D eigenvalue weighted by Crippen LogP contribution is -2.38. The van der Waals surface area contributed by atoms with Gasteiger partial charge in [0.15, 0.2) is 5.96 Å². The van der Waals surface area contributed by atoms with Crippen molar-refractivity contribution in [1.82, 2.24) is 10.6 Å². The van der Waals surface area contributed by atoms with E-state index in [2.05, 4.69) is 34.7 Å². The van der Waals surface area contributed by atoms with Crippen LogP contribution in [-0.4, -0.2) is 37.8 Å². The van der Waals surface area contributed by atoms with Gasteiger partial charge in [-0.05, 0) is 54.7 Å². The highest BCUT2D eigenvalue weighted by Crippen LogP contribution is 2.21. The van der Waals surface area contributed by atoms with Crippen molar-refractivity contribution < 1.29 is 14.2 Å². The van der Waals surface area contributed by atoms with Gasteiger partial charge in [0.1, 0.15) is 11.6 Å². The second kappa shape index (κ2) is 11.3. The van der Waals surface area contributed by atoms with Crippen LogP contribution in [-0.2, 0) is 0 Å². The van der Waals surface area contributed by atoms with Crippen molar-refractivity contribution in [1.29, 1.82) is 0 Å². The zero-order valence-electron chi connectivity index (χ0n) is 16.8. The van der Waals surface area contributed by atoms with Crippen LogP contribution in [0.5, 0.6) is 5.75 Å². The van der Waals surface area contributed by atoms with Crippen molar-refractivity contribution in [3.8, 4) is 5.75 Å². The molecule has 2 aromatic carbocycles. The summed E-state index contributed by atoms with van der Waals surface area (Å²) in [6.45, 7) is 5.87. The Morgan fingerprint density at radius 2 is 1.71 bits per heavy atom. The van der Waals surface area contributed by atoms with Crippen LogP contribution >= 0.6 is 0 Å². The number of halogens is 1. The van der Waals surface area contributed by atoms with E-state index in [1.165, 1.54) is 17.7 Å². The maximum absolute atomic E-state index is 13.0. The molecule has 0 aliphatic rings. The van der Waals surface area contributed by atoms with E-state index in [-0.39, 0.29) is 12.4 Å². The monoisotopic (exact) mass is 387 g/mol. The summed E-state index contributed by atoms with van der Waals surface area (Å²) >= 11 is 0. The van der Waals surface area contributed by atoms with Gasteiger partial charge in [-0.15, -0.1) is 0 Å². The molecule has 0 radical (unpaired) electrons. The molecule has 2 atom stereocenters. The first-order valence-electron chi connectivity index (χ1n) is 9.63. The second-order valence-electron chi connectivity index (χ2n) is 6.68. The summed E-state index contributed by atoms with van der Waals surface area (Å²) in [6, 6.07) is 13.9. The molecule has 0 heterocycles. The quantitative estimate of drug-likeness (QED) is 0.454. The summed E-state index contributed by atoms with van der Waals surface area (Å²) in [5, 5.41) is 16.7. The molecule has 0 aliphatic heterocycles. The summed E-state index contributed by atoms with van der Waals surface area (Å²) < 4.78 is 18.2. The highest BCUT2D eigenvalue weighted by molar-refractivity contribution is 5.79. The van der Waals surface area contributed by atoms with Crippen LogP contribution in [0.4, 0.5) is 4.39 Å². The van der Waals surface area contributed by atoms with Gasteiger partial charge in [0.05, 0.1) is 19.8 Å². The van der Waals surface area contributed by atoms with Gasteiger partial charge in [0, 0.05) is 13.1 Å². The van der Waals surface area contributed by atoms with Gasteiger partial charge in [-0.1, -0.05) is 31.2 Å². The van der Waals surface area contributed by atoms with Crippen LogP contribution in [0.25, 0.3) is 0 Å². The van der Waals surface area contributed by atoms with E-state index in [0.717, 1.165) is 25.3 Å². The lowest BCUT2D eigenvalue weighted by atomic mass is 9.98. The van der Waals surface area contributed by atoms with E-state index in [1.807, 2.05) is 19.1 Å². The van der Waals surface area contributed by atoms with Gasteiger partial charge in [0.25, 0.3) is 0 Å². The predicted molar refractivity (Wildman–Crippen MR) is 111 cm³/mol. The molecule has 0 fully saturated rings. The molecule has 2 aromatic rings. The van der Waals surface area contributed by atoms with Crippen LogP contribution in [0.15, 0.2) is 53.5 Å². The largest absolute Gasteiger partial charge is 0.497 e. The van der Waals surface area contributed by atoms with E-state index < -0.39 is 6.10 Å². The number of hydrogen-bond donors (Lipinski definition) is 3. The topological polar surface area (TPSA) is 65.9 Å². The molecule has 152 valence electrons. The smallest absolute Gasteiger partial charge is 0.191 e. The molecular weight excluding hydrogens is 357 g/mol. The number of hydrogen-bond acceptors (Lipinski definition) is 3. The number of nitrogens with one attached hydrogen (secondary N) is 2. The van der Waals surface area contributed by atoms with Crippen molar-refractivity contribution in [3.63, 3.8) is 0 Å². The number of methoxy groups -OCH3 is 1. The molecule has 6 heteroatoms. The Morgan fingerprint density at radius 1 is 1.07 bits per heavy atom. The Labute approximate surface area is 166 Å². The van der Waals surface area contributed by atoms with E-state index in [4.69, 9.17) is 4.74 Å². The summed E-state index contributed by atoms with van der Waals surface area (Å²) in [6.07, 6.45) is 0.173. The van der Waals surface area contributed by atoms with Crippen LogP contribution in [0.2, 0.25) is 0 Å². The van der Waals surface area contributed by atoms with Crippen LogP contribution in [0, 0.1) is 5.82 Å². The standard InChI is InChI=1S/C22H30FN3O2/c1-4-24-22(26-15-21(27)18-5-9-19(23)10-6-18)25-14-13-16(2)17-7-11-20(28-3)12-8-17/h5-12,16,21,27H,4,13-15H2,1-3H3,(H2,24,25,26). The van der Waals surface area contributed by atoms with Crippen molar-refractivity contribution in [2.45, 2.75) is 32.3 Å². The van der Waals surface area contributed by atoms with Crippen LogP contribution in [0.3, 0.4) is 0 Å². The number of aliphatic hydroxyl groups excluding tert-OH is 1. The minimum Gasteiger partial charge on any atom is -0.497 e. The lowest BCUT2D eigenvalue weighted by Gasteiger charge is -2.16. The molecular formula is C22H30FN3O2. The summed E-state index contributed by atoms with van der Waals surface area (Å²) in [5.41, 5.74) is 1.91. The van der Waals surface area contributed by atoms with Crippen LogP contribution < -0.4 is 15.4 Å². The molecule has 2 rings (SSSR count). The van der Waals surface area contributed by atoms with E-state index in [9.17, 15) is 9.50 Å². The number of guanidine groups is 1. The summed E-state index contributed by atoms with van der Waals surface area (Å²) in [5.74, 6) is 1.59. The third-order valence-corrected chi connectivity index (χ3v) is 4.58. The zero-order valence-corrected chi connectivity index (χ0v) is 16.8. The SMILES string of the molecule is CCNC(=NCC(O)c1ccc(F)cc1)NCCC(C)c1ccc(OC)cc1. The molecule has 0 amide bonds. The highest BCUT2D eigenvalue weighted by atomic mass is 19.1. The van der Waals surface area contributed by atoms with Gasteiger partial charge in [-0.2, -0.15) is 0 Å². The normalized spacial score (nSPS) is 13.7. The Balaban J connectivity index is 1.85. The maximum atomic E-state index is 13.0. The average molecular weight is 387 g/mol. The molecule has 0 bridgehead atoms. The lowest BCUT2D eigenvalue weighted by molar-refractivity contribution is 0.187. The van der Waals surface area contributed by atoms with E-state index >= 15 is 0 Å².